The molecule has 0 unspecified atom stereocenters. The zero-order valence-electron chi connectivity index (χ0n) is 22.4. The SMILES string of the molecule is O=C(O)[C@@H]1C[C@H](O)CN1Cc1cc(Cl)c(OCc2cccc(-c3ccc4c(c3)OCCO4)c2Br)cc1OCC1CC1. The molecule has 0 spiro atoms. The van der Waals surface area contributed by atoms with Crippen LogP contribution in [0.4, 0.5) is 0 Å². The highest BCUT2D eigenvalue weighted by molar-refractivity contribution is 9.10. The number of hydrogen-bond acceptors (Lipinski definition) is 7. The molecule has 3 aromatic rings. The molecule has 0 bridgehead atoms. The molecule has 2 aliphatic heterocycles. The van der Waals surface area contributed by atoms with Crippen molar-refractivity contribution in [1.29, 1.82) is 0 Å². The molecule has 8 nitrogen and oxygen atoms in total. The standard InChI is InChI=1S/C31H31BrClNO7/c32-30-20(2-1-3-23(30)19-6-7-26-29(11-19)39-9-8-38-26)17-41-28-13-27(40-16-18-4-5-18)21(10-24(28)33)14-34-15-22(35)12-25(34)31(36)37/h1-3,6-7,10-11,13,18,22,25,35H,4-5,8-9,12,14-17H2,(H,36,37)/t22-,25-/m0/s1. The van der Waals surface area contributed by atoms with Gasteiger partial charge in [0, 0.05) is 41.2 Å². The van der Waals surface area contributed by atoms with E-state index in [9.17, 15) is 15.0 Å². The highest BCUT2D eigenvalue weighted by Crippen LogP contribution is 2.40. The third kappa shape index (κ3) is 6.43. The topological polar surface area (TPSA) is 97.7 Å². The van der Waals surface area contributed by atoms with Gasteiger partial charge in [0.1, 0.15) is 37.4 Å². The van der Waals surface area contributed by atoms with E-state index in [1.165, 1.54) is 0 Å². The minimum absolute atomic E-state index is 0.197. The smallest absolute Gasteiger partial charge is 0.321 e. The molecule has 3 aromatic carbocycles. The Morgan fingerprint density at radius 2 is 1.83 bits per heavy atom. The quantitative estimate of drug-likeness (QED) is 0.281. The normalized spacial score (nSPS) is 20.2. The monoisotopic (exact) mass is 643 g/mol. The average Bonchev–Trinajstić information content (AvgIpc) is 3.72. The van der Waals surface area contributed by atoms with Crippen molar-refractivity contribution in [2.45, 2.75) is 44.6 Å². The second kappa shape index (κ2) is 12.1. The number of carboxylic acids is 1. The summed E-state index contributed by atoms with van der Waals surface area (Å²) in [4.78, 5) is 13.5. The molecule has 6 rings (SSSR count). The minimum Gasteiger partial charge on any atom is -0.493 e. The second-order valence-electron chi connectivity index (χ2n) is 10.7. The van der Waals surface area contributed by atoms with Gasteiger partial charge in [0.15, 0.2) is 11.5 Å². The van der Waals surface area contributed by atoms with Gasteiger partial charge in [-0.25, -0.2) is 0 Å². The summed E-state index contributed by atoms with van der Waals surface area (Å²) in [6, 6.07) is 14.7. The van der Waals surface area contributed by atoms with Crippen LogP contribution in [0.2, 0.25) is 5.02 Å². The molecule has 10 heteroatoms. The van der Waals surface area contributed by atoms with Crippen molar-refractivity contribution in [3.05, 3.63) is 69.2 Å². The number of aliphatic carboxylic acids is 1. The van der Waals surface area contributed by atoms with Crippen LogP contribution in [0, 0.1) is 5.92 Å². The lowest BCUT2D eigenvalue weighted by molar-refractivity contribution is -0.142. The summed E-state index contributed by atoms with van der Waals surface area (Å²) >= 11 is 10.5. The van der Waals surface area contributed by atoms with Crippen LogP contribution in [-0.4, -0.2) is 59.6 Å². The first-order valence-electron chi connectivity index (χ1n) is 13.8. The van der Waals surface area contributed by atoms with Crippen LogP contribution in [0.1, 0.15) is 30.4 Å². The van der Waals surface area contributed by atoms with Crippen molar-refractivity contribution < 1.29 is 34.0 Å². The fraction of sp³-hybridized carbons (Fsp3) is 0.387. The van der Waals surface area contributed by atoms with Crippen LogP contribution < -0.4 is 18.9 Å². The molecule has 2 atom stereocenters. The summed E-state index contributed by atoms with van der Waals surface area (Å²) in [7, 11) is 0. The number of β-amino-alcohol motifs (C(OH)–C–C–N with tert-alkyl or cyclic N) is 1. The van der Waals surface area contributed by atoms with Crippen molar-refractivity contribution in [1.82, 2.24) is 4.90 Å². The number of ether oxygens (including phenoxy) is 4. The summed E-state index contributed by atoms with van der Waals surface area (Å²) in [6.45, 7) is 2.50. The summed E-state index contributed by atoms with van der Waals surface area (Å²) in [6.07, 6.45) is 1.79. The van der Waals surface area contributed by atoms with Crippen molar-refractivity contribution in [3.63, 3.8) is 0 Å². The van der Waals surface area contributed by atoms with Gasteiger partial charge in [-0.05, 0) is 64.0 Å². The Bertz CT molecular complexity index is 1450. The van der Waals surface area contributed by atoms with Crippen LogP contribution in [0.3, 0.4) is 0 Å². The van der Waals surface area contributed by atoms with E-state index < -0.39 is 18.1 Å². The third-order valence-electron chi connectivity index (χ3n) is 7.64. The number of rotatable bonds is 10. The number of nitrogens with zero attached hydrogens (tertiary/aromatic N) is 1. The maximum atomic E-state index is 11.8. The fourth-order valence-corrected chi connectivity index (χ4v) is 6.10. The Kier molecular flexibility index (Phi) is 8.30. The Morgan fingerprint density at radius 1 is 1.02 bits per heavy atom. The van der Waals surface area contributed by atoms with Crippen molar-refractivity contribution in [2.75, 3.05) is 26.4 Å². The van der Waals surface area contributed by atoms with Gasteiger partial charge in [0.2, 0.25) is 0 Å². The molecule has 2 heterocycles. The molecule has 2 fully saturated rings. The van der Waals surface area contributed by atoms with Gasteiger partial charge < -0.3 is 29.2 Å². The van der Waals surface area contributed by atoms with E-state index in [0.717, 1.165) is 51.1 Å². The van der Waals surface area contributed by atoms with Crippen LogP contribution in [-0.2, 0) is 17.9 Å². The van der Waals surface area contributed by atoms with Gasteiger partial charge in [0.25, 0.3) is 0 Å². The number of benzene rings is 3. The lowest BCUT2D eigenvalue weighted by atomic mass is 10.0. The number of halogens is 2. The molecule has 1 aliphatic carbocycles. The van der Waals surface area contributed by atoms with Crippen LogP contribution in [0.15, 0.2) is 53.0 Å². The highest BCUT2D eigenvalue weighted by Gasteiger charge is 2.36. The van der Waals surface area contributed by atoms with Gasteiger partial charge in [-0.1, -0.05) is 35.9 Å². The summed E-state index contributed by atoms with van der Waals surface area (Å²) in [5, 5.41) is 20.1. The van der Waals surface area contributed by atoms with Crippen molar-refractivity contribution >= 4 is 33.5 Å². The first-order chi connectivity index (χ1) is 19.9. The molecule has 216 valence electrons. The van der Waals surface area contributed by atoms with E-state index in [-0.39, 0.29) is 19.6 Å². The molecule has 1 saturated carbocycles. The lowest BCUT2D eigenvalue weighted by Gasteiger charge is -2.23. The van der Waals surface area contributed by atoms with Crippen molar-refractivity contribution in [2.24, 2.45) is 5.92 Å². The summed E-state index contributed by atoms with van der Waals surface area (Å²) in [5.41, 5.74) is 3.70. The Labute approximate surface area is 251 Å². The van der Waals surface area contributed by atoms with Gasteiger partial charge in [-0.15, -0.1) is 0 Å². The van der Waals surface area contributed by atoms with E-state index in [1.54, 1.807) is 17.0 Å². The van der Waals surface area contributed by atoms with Crippen LogP contribution in [0.25, 0.3) is 11.1 Å². The number of aliphatic hydroxyl groups excluding tert-OH is 1. The fourth-order valence-electron chi connectivity index (χ4n) is 5.25. The van der Waals surface area contributed by atoms with Gasteiger partial charge in [0.05, 0.1) is 17.7 Å². The highest BCUT2D eigenvalue weighted by atomic mass is 79.9. The van der Waals surface area contributed by atoms with E-state index in [2.05, 4.69) is 15.9 Å². The lowest BCUT2D eigenvalue weighted by Crippen LogP contribution is -2.35. The third-order valence-corrected chi connectivity index (χ3v) is 8.87. The maximum absolute atomic E-state index is 11.8. The largest absolute Gasteiger partial charge is 0.493 e. The number of likely N-dealkylation sites (tertiary alicyclic amines) is 1. The molecular weight excluding hydrogens is 614 g/mol. The zero-order chi connectivity index (χ0) is 28.5. The molecule has 3 aliphatic rings. The molecule has 0 amide bonds. The molecule has 2 N–H and O–H groups in total. The first-order valence-corrected chi connectivity index (χ1v) is 14.9. The number of carbonyl (C=O) groups is 1. The predicted molar refractivity (Wildman–Crippen MR) is 157 cm³/mol. The number of carboxylic acid groups (broad SMARTS) is 1. The Morgan fingerprint density at radius 3 is 2.61 bits per heavy atom. The Balaban J connectivity index is 1.22. The predicted octanol–water partition coefficient (Wildman–Crippen LogP) is 5.93. The van der Waals surface area contributed by atoms with Gasteiger partial charge in [-0.2, -0.15) is 0 Å². The van der Waals surface area contributed by atoms with Gasteiger partial charge in [-0.3, -0.25) is 9.69 Å². The van der Waals surface area contributed by atoms with Crippen LogP contribution in [0.5, 0.6) is 23.0 Å². The number of fused-ring (bicyclic) bond motifs is 1. The number of aliphatic hydroxyl groups is 1. The van der Waals surface area contributed by atoms with E-state index in [1.807, 2.05) is 36.4 Å². The second-order valence-corrected chi connectivity index (χ2v) is 11.9. The average molecular weight is 645 g/mol. The van der Waals surface area contributed by atoms with E-state index in [4.69, 9.17) is 30.5 Å². The van der Waals surface area contributed by atoms with Gasteiger partial charge >= 0.3 is 5.97 Å². The molecule has 0 radical (unpaired) electrons. The minimum atomic E-state index is -0.947. The number of hydrogen-bond donors (Lipinski definition) is 2. The van der Waals surface area contributed by atoms with E-state index >= 15 is 0 Å². The van der Waals surface area contributed by atoms with Crippen LogP contribution >= 0.6 is 27.5 Å². The molecular formula is C31H31BrClNO7. The summed E-state index contributed by atoms with van der Waals surface area (Å²) in [5.74, 6) is 2.15. The molecule has 1 saturated heterocycles. The maximum Gasteiger partial charge on any atom is 0.321 e. The first kappa shape index (κ1) is 28.2. The Hall–Kier alpha value is -2.98. The molecule has 41 heavy (non-hydrogen) atoms. The zero-order valence-corrected chi connectivity index (χ0v) is 24.7. The van der Waals surface area contributed by atoms with E-state index in [0.29, 0.717) is 48.8 Å². The molecule has 0 aromatic heterocycles. The van der Waals surface area contributed by atoms with Crippen molar-refractivity contribution in [3.8, 4) is 34.1 Å². The summed E-state index contributed by atoms with van der Waals surface area (Å²) < 4.78 is 24.7.